The van der Waals surface area contributed by atoms with Crippen molar-refractivity contribution in [3.63, 3.8) is 0 Å². The van der Waals surface area contributed by atoms with Crippen molar-refractivity contribution in [3.8, 4) is 0 Å². The second kappa shape index (κ2) is 12.2. The topological polar surface area (TPSA) is 83.1 Å². The Morgan fingerprint density at radius 1 is 0.756 bits per heavy atom. The van der Waals surface area contributed by atoms with Crippen LogP contribution in [0.4, 0.5) is 0 Å². The Morgan fingerprint density at radius 3 is 2.15 bits per heavy atom. The number of ether oxygens (including phenoxy) is 9. The van der Waals surface area contributed by atoms with Crippen molar-refractivity contribution in [2.45, 2.75) is 102 Å². The van der Waals surface area contributed by atoms with Crippen LogP contribution in [-0.4, -0.2) is 74.0 Å². The molecule has 0 aliphatic carbocycles. The molecule has 0 amide bonds. The van der Waals surface area contributed by atoms with Gasteiger partial charge in [-0.3, -0.25) is 0 Å². The molecule has 6 rings (SSSR count). The van der Waals surface area contributed by atoms with E-state index in [9.17, 15) is 0 Å². The van der Waals surface area contributed by atoms with Crippen LogP contribution in [0.5, 0.6) is 0 Å². The van der Waals surface area contributed by atoms with Crippen LogP contribution < -0.4 is 0 Å². The molecule has 0 unspecified atom stereocenters. The van der Waals surface area contributed by atoms with Crippen LogP contribution in [-0.2, 0) is 55.8 Å². The van der Waals surface area contributed by atoms with Gasteiger partial charge in [-0.15, -0.1) is 0 Å². The first kappa shape index (κ1) is 28.9. The highest BCUT2D eigenvalue weighted by molar-refractivity contribution is 5.15. The quantitative estimate of drug-likeness (QED) is 0.385. The fourth-order valence-corrected chi connectivity index (χ4v) is 5.62. The largest absolute Gasteiger partial charge is 0.374 e. The highest BCUT2D eigenvalue weighted by Gasteiger charge is 2.59. The molecule has 0 saturated carbocycles. The third-order valence-corrected chi connectivity index (χ3v) is 7.53. The van der Waals surface area contributed by atoms with E-state index in [0.29, 0.717) is 26.4 Å². The normalized spacial score (nSPS) is 35.5. The summed E-state index contributed by atoms with van der Waals surface area (Å²) < 4.78 is 55.9. The molecular formula is C32H40O9. The van der Waals surface area contributed by atoms with Gasteiger partial charge in [0, 0.05) is 0 Å². The fraction of sp³-hybridized carbons (Fsp3) is 0.562. The highest BCUT2D eigenvalue weighted by Crippen LogP contribution is 2.42. The number of rotatable bonds is 10. The van der Waals surface area contributed by atoms with E-state index >= 15 is 0 Å². The second-order valence-electron chi connectivity index (χ2n) is 11.7. The molecule has 4 heterocycles. The predicted octanol–water partition coefficient (Wildman–Crippen LogP) is 4.48. The van der Waals surface area contributed by atoms with E-state index < -0.39 is 48.6 Å². The molecule has 4 aliphatic rings. The van der Waals surface area contributed by atoms with Gasteiger partial charge in [0.15, 0.2) is 24.2 Å². The lowest BCUT2D eigenvalue weighted by Crippen LogP contribution is -2.48. The van der Waals surface area contributed by atoms with Gasteiger partial charge in [-0.1, -0.05) is 66.7 Å². The van der Waals surface area contributed by atoms with Crippen molar-refractivity contribution in [2.24, 2.45) is 0 Å². The zero-order chi connectivity index (χ0) is 28.5. The summed E-state index contributed by atoms with van der Waals surface area (Å²) in [6.07, 6.45) is 0.166. The lowest BCUT2D eigenvalue weighted by Gasteiger charge is -2.35. The summed E-state index contributed by atoms with van der Waals surface area (Å²) in [5, 5.41) is 0. The van der Waals surface area contributed by atoms with Gasteiger partial charge in [-0.2, -0.15) is 0 Å². The zero-order valence-electron chi connectivity index (χ0n) is 24.0. The van der Waals surface area contributed by atoms with Crippen molar-refractivity contribution >= 4 is 0 Å². The minimum Gasteiger partial charge on any atom is -0.374 e. The van der Waals surface area contributed by atoms with Crippen LogP contribution >= 0.6 is 0 Å². The van der Waals surface area contributed by atoms with Gasteiger partial charge in [-0.05, 0) is 44.9 Å². The lowest BCUT2D eigenvalue weighted by molar-refractivity contribution is -0.261. The molecule has 222 valence electrons. The number of hydrogen-bond donors (Lipinski definition) is 0. The summed E-state index contributed by atoms with van der Waals surface area (Å²) in [5.74, 6) is -1.50. The lowest BCUT2D eigenvalue weighted by atomic mass is 10.1. The van der Waals surface area contributed by atoms with Crippen LogP contribution in [0.15, 0.2) is 72.8 Å². The molecule has 9 heteroatoms. The van der Waals surface area contributed by atoms with Gasteiger partial charge in [0.2, 0.25) is 0 Å². The first-order chi connectivity index (χ1) is 19.7. The van der Waals surface area contributed by atoms with Gasteiger partial charge in [0.25, 0.3) is 0 Å². The Labute approximate surface area is 241 Å². The predicted molar refractivity (Wildman–Crippen MR) is 147 cm³/mol. The van der Waals surface area contributed by atoms with Crippen molar-refractivity contribution in [1.82, 2.24) is 0 Å². The van der Waals surface area contributed by atoms with E-state index in [4.69, 9.17) is 42.6 Å². The smallest absolute Gasteiger partial charge is 0.190 e. The molecule has 2 aromatic carbocycles. The molecular weight excluding hydrogens is 528 g/mol. The number of benzene rings is 2. The van der Waals surface area contributed by atoms with Crippen molar-refractivity contribution in [3.05, 3.63) is 83.9 Å². The number of fused-ring (bicyclic) bond motifs is 1. The summed E-state index contributed by atoms with van der Waals surface area (Å²) in [5.41, 5.74) is 2.18. The Morgan fingerprint density at radius 2 is 1.46 bits per heavy atom. The van der Waals surface area contributed by atoms with Gasteiger partial charge in [0.05, 0.1) is 26.4 Å². The number of hydrogen-bond acceptors (Lipinski definition) is 9. The van der Waals surface area contributed by atoms with Crippen LogP contribution in [0.25, 0.3) is 0 Å². The minimum absolute atomic E-state index is 0.313. The SMILES string of the molecule is CC1(C)O[C@H]2O[C@H]([C@@H]3COC(C)(C)O3)[C@H](O[C@H]3C=C[C@H](OCc4ccccc4)[C@@H](COCc4ccccc4)O3)[C@H]2O1. The van der Waals surface area contributed by atoms with Crippen molar-refractivity contribution in [1.29, 1.82) is 0 Å². The van der Waals surface area contributed by atoms with Gasteiger partial charge in [0.1, 0.15) is 36.6 Å². The van der Waals surface area contributed by atoms with E-state index in [2.05, 4.69) is 0 Å². The molecule has 0 bridgehead atoms. The Kier molecular flexibility index (Phi) is 8.61. The monoisotopic (exact) mass is 568 g/mol. The Bertz CT molecular complexity index is 1150. The standard InChI is InChI=1S/C32H40O9/c1-31(2)35-20-25(39-31)27-28(29-30(38-27)41-32(3,4)40-29)37-26-16-15-23(34-18-22-13-9-6-10-14-22)24(36-26)19-33-17-21-11-7-5-8-12-21/h5-16,23-30H,17-20H2,1-4H3/t23-,24+,25-,26-,27+,28-,29+,30+/m0/s1. The molecule has 3 fully saturated rings. The van der Waals surface area contributed by atoms with E-state index in [-0.39, 0.29) is 12.2 Å². The van der Waals surface area contributed by atoms with E-state index in [1.165, 1.54) is 0 Å². The van der Waals surface area contributed by atoms with Crippen LogP contribution in [0.1, 0.15) is 38.8 Å². The summed E-state index contributed by atoms with van der Waals surface area (Å²) in [6.45, 7) is 9.14. The maximum Gasteiger partial charge on any atom is 0.190 e. The Hall–Kier alpha value is -2.18. The molecule has 0 spiro atoms. The summed E-state index contributed by atoms with van der Waals surface area (Å²) >= 11 is 0. The zero-order valence-corrected chi connectivity index (χ0v) is 24.0. The summed E-state index contributed by atoms with van der Waals surface area (Å²) in [6, 6.07) is 20.1. The molecule has 41 heavy (non-hydrogen) atoms. The maximum absolute atomic E-state index is 6.57. The maximum atomic E-state index is 6.57. The molecule has 8 atom stereocenters. The minimum atomic E-state index is -0.790. The van der Waals surface area contributed by atoms with E-state index in [1.807, 2.05) is 101 Å². The molecule has 3 saturated heterocycles. The first-order valence-corrected chi connectivity index (χ1v) is 14.3. The van der Waals surface area contributed by atoms with Gasteiger partial charge in [-0.25, -0.2) is 0 Å². The molecule has 2 aromatic rings. The average Bonchev–Trinajstić information content (AvgIpc) is 3.58. The van der Waals surface area contributed by atoms with Crippen LogP contribution in [0, 0.1) is 0 Å². The molecule has 0 N–H and O–H groups in total. The summed E-state index contributed by atoms with van der Waals surface area (Å²) in [7, 11) is 0. The highest BCUT2D eigenvalue weighted by atomic mass is 16.9. The van der Waals surface area contributed by atoms with Gasteiger partial charge >= 0.3 is 0 Å². The van der Waals surface area contributed by atoms with Crippen LogP contribution in [0.3, 0.4) is 0 Å². The van der Waals surface area contributed by atoms with Crippen molar-refractivity contribution < 1.29 is 42.6 Å². The second-order valence-corrected chi connectivity index (χ2v) is 11.7. The third-order valence-electron chi connectivity index (χ3n) is 7.53. The van der Waals surface area contributed by atoms with E-state index in [1.54, 1.807) is 0 Å². The van der Waals surface area contributed by atoms with Crippen LogP contribution in [0.2, 0.25) is 0 Å². The molecule has 0 radical (unpaired) electrons. The third kappa shape index (κ3) is 7.07. The molecule has 4 aliphatic heterocycles. The molecule has 9 nitrogen and oxygen atoms in total. The summed E-state index contributed by atoms with van der Waals surface area (Å²) in [4.78, 5) is 0. The van der Waals surface area contributed by atoms with E-state index in [0.717, 1.165) is 11.1 Å². The van der Waals surface area contributed by atoms with Gasteiger partial charge < -0.3 is 42.6 Å². The first-order valence-electron chi connectivity index (χ1n) is 14.3. The van der Waals surface area contributed by atoms with Crippen molar-refractivity contribution in [2.75, 3.05) is 13.2 Å². The Balaban J connectivity index is 1.15. The molecule has 0 aromatic heterocycles. The fourth-order valence-electron chi connectivity index (χ4n) is 5.62. The average molecular weight is 569 g/mol.